The molecular formula is C19H37BiNO4. The Hall–Kier alpha value is -0.217. The van der Waals surface area contributed by atoms with Gasteiger partial charge in [0.05, 0.1) is 0 Å². The molecule has 2 N–H and O–H groups in total. The third kappa shape index (κ3) is 12.7. The van der Waals surface area contributed by atoms with Crippen LogP contribution in [0.5, 0.6) is 0 Å². The van der Waals surface area contributed by atoms with Crippen LogP contribution in [0.4, 0.5) is 0 Å². The van der Waals surface area contributed by atoms with Crippen LogP contribution in [-0.2, 0) is 9.59 Å². The number of nitrogens with zero attached hydrogens (tertiary/aromatic N) is 1. The van der Waals surface area contributed by atoms with Gasteiger partial charge in [-0.15, -0.1) is 0 Å². The van der Waals surface area contributed by atoms with Gasteiger partial charge in [0.2, 0.25) is 0 Å². The molecular weight excluding hydrogens is 515 g/mol. The molecule has 1 fully saturated rings. The Morgan fingerprint density at radius 3 is 1.40 bits per heavy atom. The van der Waals surface area contributed by atoms with Gasteiger partial charge in [-0.3, -0.25) is 14.5 Å². The van der Waals surface area contributed by atoms with Crippen LogP contribution in [0.25, 0.3) is 0 Å². The smallest absolute Gasteiger partial charge is 0.303 e. The van der Waals surface area contributed by atoms with Crippen LogP contribution in [0.15, 0.2) is 0 Å². The van der Waals surface area contributed by atoms with E-state index in [4.69, 9.17) is 10.2 Å². The molecule has 3 radical (unpaired) electrons. The van der Waals surface area contributed by atoms with Crippen molar-refractivity contribution in [2.45, 2.75) is 103 Å². The van der Waals surface area contributed by atoms with Gasteiger partial charge in [-0.25, -0.2) is 0 Å². The van der Waals surface area contributed by atoms with Crippen molar-refractivity contribution < 1.29 is 19.8 Å². The second kappa shape index (κ2) is 13.0. The molecule has 6 heteroatoms. The largest absolute Gasteiger partial charge is 0.481 e. The average molecular weight is 552 g/mol. The van der Waals surface area contributed by atoms with E-state index in [-0.39, 0.29) is 39.0 Å². The van der Waals surface area contributed by atoms with E-state index in [1.54, 1.807) is 0 Å². The molecule has 0 aromatic carbocycles. The maximum atomic E-state index is 10.1. The molecule has 0 aromatic rings. The molecule has 1 saturated heterocycles. The van der Waals surface area contributed by atoms with Crippen LogP contribution in [0, 0.1) is 0 Å². The SMILES string of the molecule is CN1C(C)(C)CCCC1(C)C.O=C(O)CCCCCCCC(=O)O.[Bi]. The Labute approximate surface area is 172 Å². The molecule has 0 atom stereocenters. The zero-order chi connectivity index (χ0) is 18.8. The van der Waals surface area contributed by atoms with Gasteiger partial charge < -0.3 is 10.2 Å². The van der Waals surface area contributed by atoms with Crippen molar-refractivity contribution in [2.24, 2.45) is 0 Å². The summed E-state index contributed by atoms with van der Waals surface area (Å²) in [5.74, 6) is -1.52. The molecule has 1 rings (SSSR count). The molecule has 0 unspecified atom stereocenters. The Morgan fingerprint density at radius 1 is 0.800 bits per heavy atom. The number of aliphatic carboxylic acids is 2. The van der Waals surface area contributed by atoms with Gasteiger partial charge in [-0.1, -0.05) is 19.3 Å². The van der Waals surface area contributed by atoms with Gasteiger partial charge >= 0.3 is 11.9 Å². The zero-order valence-corrected chi connectivity index (χ0v) is 20.2. The number of carboxylic acid groups (broad SMARTS) is 2. The Bertz CT molecular complexity index is 363. The summed E-state index contributed by atoms with van der Waals surface area (Å²) in [7, 11) is 2.25. The van der Waals surface area contributed by atoms with E-state index < -0.39 is 11.9 Å². The standard InChI is InChI=1S/C10H21N.C9H16O4.Bi/c1-9(2)7-6-8-10(3,4)11(9)5;10-8(11)6-4-2-1-3-5-7-9(12)13;/h6-8H2,1-5H3;1-7H2,(H,10,11)(H,12,13);. The minimum absolute atomic E-state index is 0. The number of carbonyl (C=O) groups is 2. The predicted octanol–water partition coefficient (Wildman–Crippen LogP) is 4.16. The normalized spacial score (nSPS) is 18.4. The first kappa shape index (κ1) is 27.0. The van der Waals surface area contributed by atoms with Gasteiger partial charge in [-0.05, 0) is 66.8 Å². The van der Waals surface area contributed by atoms with Crippen LogP contribution in [0.1, 0.15) is 91.9 Å². The fourth-order valence-corrected chi connectivity index (χ4v) is 3.19. The summed E-state index contributed by atoms with van der Waals surface area (Å²) in [5, 5.41) is 16.6. The summed E-state index contributed by atoms with van der Waals surface area (Å²) in [5.41, 5.74) is 0.809. The fraction of sp³-hybridized carbons (Fsp3) is 0.895. The maximum Gasteiger partial charge on any atom is 0.303 e. The molecule has 1 aliphatic rings. The van der Waals surface area contributed by atoms with Crippen LogP contribution in [-0.4, -0.2) is 71.4 Å². The van der Waals surface area contributed by atoms with Crippen LogP contribution in [0.3, 0.4) is 0 Å². The summed E-state index contributed by atoms with van der Waals surface area (Å²) < 4.78 is 0. The van der Waals surface area contributed by atoms with Crippen LogP contribution >= 0.6 is 0 Å². The number of hydrogen-bond donors (Lipinski definition) is 2. The second-order valence-corrected chi connectivity index (χ2v) is 8.09. The molecule has 5 nitrogen and oxygen atoms in total. The third-order valence-corrected chi connectivity index (χ3v) is 5.17. The van der Waals surface area contributed by atoms with Crippen molar-refractivity contribution in [3.8, 4) is 0 Å². The van der Waals surface area contributed by atoms with Crippen molar-refractivity contribution in [3.05, 3.63) is 0 Å². The van der Waals surface area contributed by atoms with E-state index in [0.717, 1.165) is 19.3 Å². The van der Waals surface area contributed by atoms with Gasteiger partial charge in [0.25, 0.3) is 0 Å². The molecule has 0 bridgehead atoms. The molecule has 1 heterocycles. The number of piperidine rings is 1. The first-order valence-electron chi connectivity index (χ1n) is 9.16. The van der Waals surface area contributed by atoms with E-state index in [9.17, 15) is 9.59 Å². The predicted molar refractivity (Wildman–Crippen MR) is 103 cm³/mol. The summed E-state index contributed by atoms with van der Waals surface area (Å²) in [6.07, 6.45) is 8.59. The van der Waals surface area contributed by atoms with Crippen LogP contribution in [0.2, 0.25) is 0 Å². The molecule has 0 spiro atoms. The van der Waals surface area contributed by atoms with Gasteiger partial charge in [0.1, 0.15) is 0 Å². The van der Waals surface area contributed by atoms with Crippen molar-refractivity contribution in [3.63, 3.8) is 0 Å². The minimum Gasteiger partial charge on any atom is -0.481 e. The number of likely N-dealkylation sites (tertiary alicyclic amines) is 1. The monoisotopic (exact) mass is 552 g/mol. The molecule has 0 aromatic heterocycles. The van der Waals surface area contributed by atoms with E-state index in [0.29, 0.717) is 23.9 Å². The molecule has 0 aliphatic carbocycles. The first-order valence-corrected chi connectivity index (χ1v) is 9.16. The quantitative estimate of drug-likeness (QED) is 0.349. The number of carboxylic acids is 2. The number of rotatable bonds is 8. The van der Waals surface area contributed by atoms with E-state index in [1.807, 2.05) is 0 Å². The Morgan fingerprint density at radius 2 is 1.12 bits per heavy atom. The molecule has 0 saturated carbocycles. The number of hydrogen-bond acceptors (Lipinski definition) is 3. The number of unbranched alkanes of at least 4 members (excludes halogenated alkanes) is 4. The summed E-state index contributed by atoms with van der Waals surface area (Å²) >= 11 is 0. The molecule has 1 aliphatic heterocycles. The third-order valence-electron chi connectivity index (χ3n) is 5.17. The Kier molecular flexibility index (Phi) is 14.1. The van der Waals surface area contributed by atoms with E-state index in [1.165, 1.54) is 19.3 Å². The van der Waals surface area contributed by atoms with Gasteiger partial charge in [0.15, 0.2) is 0 Å². The fourth-order valence-electron chi connectivity index (χ4n) is 3.19. The van der Waals surface area contributed by atoms with Gasteiger partial charge in [0, 0.05) is 50.1 Å². The van der Waals surface area contributed by atoms with Crippen molar-refractivity contribution in [1.82, 2.24) is 4.90 Å². The summed E-state index contributed by atoms with van der Waals surface area (Å²) in [4.78, 5) is 22.7. The minimum atomic E-state index is -0.759. The molecule has 147 valence electrons. The molecule has 0 amide bonds. The van der Waals surface area contributed by atoms with Crippen molar-refractivity contribution in [2.75, 3.05) is 7.05 Å². The maximum absolute atomic E-state index is 10.1. The average Bonchev–Trinajstić information content (AvgIpc) is 2.43. The first-order chi connectivity index (χ1) is 11.0. The zero-order valence-electron chi connectivity index (χ0n) is 16.7. The topological polar surface area (TPSA) is 77.8 Å². The van der Waals surface area contributed by atoms with E-state index >= 15 is 0 Å². The molecule has 25 heavy (non-hydrogen) atoms. The van der Waals surface area contributed by atoms with Crippen molar-refractivity contribution in [1.29, 1.82) is 0 Å². The van der Waals surface area contributed by atoms with E-state index in [2.05, 4.69) is 39.6 Å². The Balaban J connectivity index is 0. The van der Waals surface area contributed by atoms with Crippen LogP contribution < -0.4 is 0 Å². The summed E-state index contributed by atoms with van der Waals surface area (Å²) in [6.45, 7) is 9.36. The summed E-state index contributed by atoms with van der Waals surface area (Å²) in [6, 6.07) is 0. The van der Waals surface area contributed by atoms with Gasteiger partial charge in [-0.2, -0.15) is 0 Å². The van der Waals surface area contributed by atoms with Crippen molar-refractivity contribution >= 4 is 38.1 Å². The second-order valence-electron chi connectivity index (χ2n) is 8.09.